The number of ether oxygens (including phenoxy) is 1. The molecule has 0 aliphatic carbocycles. The van der Waals surface area contributed by atoms with Crippen molar-refractivity contribution in [3.63, 3.8) is 0 Å². The lowest BCUT2D eigenvalue weighted by Crippen LogP contribution is -2.19. The Balaban J connectivity index is 2.00. The molecule has 0 aromatic heterocycles. The van der Waals surface area contributed by atoms with Crippen molar-refractivity contribution in [3.05, 3.63) is 23.3 Å². The van der Waals surface area contributed by atoms with Crippen molar-refractivity contribution >= 4 is 17.3 Å². The van der Waals surface area contributed by atoms with Crippen LogP contribution in [0.1, 0.15) is 30.4 Å². The standard InChI is InChI=1S/C14H20N2O2/c1-9-6-10(2)13(8-12(9)15)16-14(17)7-11-4-3-5-18-11/h6,8,11H,3-5,7,15H2,1-2H3,(H,16,17). The first-order valence-corrected chi connectivity index (χ1v) is 6.34. The zero-order valence-corrected chi connectivity index (χ0v) is 11.0. The number of rotatable bonds is 3. The zero-order valence-electron chi connectivity index (χ0n) is 11.0. The number of nitrogens with one attached hydrogen (secondary N) is 1. The summed E-state index contributed by atoms with van der Waals surface area (Å²) in [5.74, 6) is -0.00625. The second kappa shape index (κ2) is 5.40. The van der Waals surface area contributed by atoms with Crippen molar-refractivity contribution < 1.29 is 9.53 Å². The highest BCUT2D eigenvalue weighted by Gasteiger charge is 2.19. The van der Waals surface area contributed by atoms with E-state index in [9.17, 15) is 4.79 Å². The molecule has 1 aromatic carbocycles. The summed E-state index contributed by atoms with van der Waals surface area (Å²) < 4.78 is 5.45. The fourth-order valence-electron chi connectivity index (χ4n) is 2.22. The van der Waals surface area contributed by atoms with E-state index in [0.717, 1.165) is 36.3 Å². The van der Waals surface area contributed by atoms with Crippen LogP contribution in [0.15, 0.2) is 12.1 Å². The van der Waals surface area contributed by atoms with Gasteiger partial charge in [0.05, 0.1) is 12.5 Å². The number of carbonyl (C=O) groups excluding carboxylic acids is 1. The molecule has 98 valence electrons. The van der Waals surface area contributed by atoms with Gasteiger partial charge in [-0.15, -0.1) is 0 Å². The molecule has 18 heavy (non-hydrogen) atoms. The normalized spacial score (nSPS) is 18.9. The van der Waals surface area contributed by atoms with Crippen LogP contribution >= 0.6 is 0 Å². The maximum atomic E-state index is 11.9. The van der Waals surface area contributed by atoms with Gasteiger partial charge in [-0.25, -0.2) is 0 Å². The second-order valence-corrected chi connectivity index (χ2v) is 4.91. The molecular formula is C14H20N2O2. The molecule has 1 aromatic rings. The Morgan fingerprint density at radius 1 is 1.44 bits per heavy atom. The first-order valence-electron chi connectivity index (χ1n) is 6.34. The van der Waals surface area contributed by atoms with Crippen molar-refractivity contribution in [2.45, 2.75) is 39.2 Å². The maximum absolute atomic E-state index is 11.9. The number of anilines is 2. The molecule has 1 amide bonds. The Kier molecular flexibility index (Phi) is 3.87. The molecule has 3 N–H and O–H groups in total. The van der Waals surface area contributed by atoms with E-state index in [2.05, 4.69) is 5.32 Å². The van der Waals surface area contributed by atoms with Crippen LogP contribution in [0, 0.1) is 13.8 Å². The Morgan fingerprint density at radius 2 is 2.22 bits per heavy atom. The number of hydrogen-bond donors (Lipinski definition) is 2. The van der Waals surface area contributed by atoms with Crippen LogP contribution in [-0.2, 0) is 9.53 Å². The minimum Gasteiger partial charge on any atom is -0.398 e. The van der Waals surface area contributed by atoms with E-state index in [0.29, 0.717) is 12.1 Å². The lowest BCUT2D eigenvalue weighted by molar-refractivity contribution is -0.118. The number of hydrogen-bond acceptors (Lipinski definition) is 3. The monoisotopic (exact) mass is 248 g/mol. The average molecular weight is 248 g/mol. The molecule has 2 rings (SSSR count). The first kappa shape index (κ1) is 12.9. The van der Waals surface area contributed by atoms with E-state index in [1.165, 1.54) is 0 Å². The number of aryl methyl sites for hydroxylation is 2. The lowest BCUT2D eigenvalue weighted by atomic mass is 10.1. The molecule has 1 aliphatic rings. The number of benzene rings is 1. The Hall–Kier alpha value is -1.55. The number of amides is 1. The molecule has 1 fully saturated rings. The third kappa shape index (κ3) is 3.01. The molecule has 0 saturated carbocycles. The van der Waals surface area contributed by atoms with Gasteiger partial charge in [0, 0.05) is 18.0 Å². The molecule has 0 radical (unpaired) electrons. The van der Waals surface area contributed by atoms with Crippen molar-refractivity contribution in [2.75, 3.05) is 17.7 Å². The van der Waals surface area contributed by atoms with Crippen LogP contribution < -0.4 is 11.1 Å². The van der Waals surface area contributed by atoms with Crippen molar-refractivity contribution in [3.8, 4) is 0 Å². The molecule has 0 bridgehead atoms. The second-order valence-electron chi connectivity index (χ2n) is 4.91. The smallest absolute Gasteiger partial charge is 0.226 e. The third-order valence-electron chi connectivity index (χ3n) is 3.32. The summed E-state index contributed by atoms with van der Waals surface area (Å²) in [6.45, 7) is 4.70. The summed E-state index contributed by atoms with van der Waals surface area (Å²) in [6, 6.07) is 3.80. The van der Waals surface area contributed by atoms with E-state index in [4.69, 9.17) is 10.5 Å². The predicted octanol–water partition coefficient (Wildman–Crippen LogP) is 2.39. The van der Waals surface area contributed by atoms with Crippen LogP contribution in [0.3, 0.4) is 0 Å². The molecule has 1 aliphatic heterocycles. The highest BCUT2D eigenvalue weighted by atomic mass is 16.5. The Labute approximate surface area is 108 Å². The molecule has 4 heteroatoms. The fourth-order valence-corrected chi connectivity index (χ4v) is 2.22. The summed E-state index contributed by atoms with van der Waals surface area (Å²) in [5.41, 5.74) is 9.41. The first-order chi connectivity index (χ1) is 8.56. The molecule has 1 atom stereocenters. The van der Waals surface area contributed by atoms with Gasteiger partial charge in [0.2, 0.25) is 5.91 Å². The topological polar surface area (TPSA) is 64.3 Å². The van der Waals surface area contributed by atoms with Gasteiger partial charge in [-0.3, -0.25) is 4.79 Å². The maximum Gasteiger partial charge on any atom is 0.226 e. The highest BCUT2D eigenvalue weighted by molar-refractivity contribution is 5.92. The Bertz CT molecular complexity index is 451. The van der Waals surface area contributed by atoms with Gasteiger partial charge in [-0.1, -0.05) is 6.07 Å². The van der Waals surface area contributed by atoms with Crippen molar-refractivity contribution in [1.82, 2.24) is 0 Å². The molecule has 1 unspecified atom stereocenters. The summed E-state index contributed by atoms with van der Waals surface area (Å²) in [7, 11) is 0. The fraction of sp³-hybridized carbons (Fsp3) is 0.500. The van der Waals surface area contributed by atoms with Crippen LogP contribution in [0.5, 0.6) is 0 Å². The lowest BCUT2D eigenvalue weighted by Gasteiger charge is -2.13. The number of carbonyl (C=O) groups is 1. The van der Waals surface area contributed by atoms with Crippen LogP contribution in [0.4, 0.5) is 11.4 Å². The predicted molar refractivity (Wildman–Crippen MR) is 72.5 cm³/mol. The van der Waals surface area contributed by atoms with E-state index in [1.54, 1.807) is 0 Å². The van der Waals surface area contributed by atoms with E-state index in [1.807, 2.05) is 26.0 Å². The average Bonchev–Trinajstić information content (AvgIpc) is 2.78. The molecule has 1 saturated heterocycles. The van der Waals surface area contributed by atoms with Gasteiger partial charge in [-0.05, 0) is 43.9 Å². The largest absolute Gasteiger partial charge is 0.398 e. The molecule has 4 nitrogen and oxygen atoms in total. The van der Waals surface area contributed by atoms with Crippen molar-refractivity contribution in [1.29, 1.82) is 0 Å². The van der Waals surface area contributed by atoms with Gasteiger partial charge >= 0.3 is 0 Å². The zero-order chi connectivity index (χ0) is 13.1. The van der Waals surface area contributed by atoms with Crippen molar-refractivity contribution in [2.24, 2.45) is 0 Å². The highest BCUT2D eigenvalue weighted by Crippen LogP contribution is 2.23. The third-order valence-corrected chi connectivity index (χ3v) is 3.32. The Morgan fingerprint density at radius 3 is 2.89 bits per heavy atom. The summed E-state index contributed by atoms with van der Waals surface area (Å²) in [4.78, 5) is 11.9. The minimum atomic E-state index is -0.00625. The molecular weight excluding hydrogens is 228 g/mol. The SMILES string of the molecule is Cc1cc(C)c(NC(=O)CC2CCCO2)cc1N. The minimum absolute atomic E-state index is 0.00625. The quantitative estimate of drug-likeness (QED) is 0.807. The van der Waals surface area contributed by atoms with Crippen LogP contribution in [-0.4, -0.2) is 18.6 Å². The van der Waals surface area contributed by atoms with E-state index < -0.39 is 0 Å². The summed E-state index contributed by atoms with van der Waals surface area (Å²) in [6.07, 6.45) is 2.53. The molecule has 0 spiro atoms. The van der Waals surface area contributed by atoms with E-state index in [-0.39, 0.29) is 12.0 Å². The van der Waals surface area contributed by atoms with Gasteiger partial charge in [-0.2, -0.15) is 0 Å². The van der Waals surface area contributed by atoms with E-state index >= 15 is 0 Å². The number of nitrogens with two attached hydrogens (primary N) is 1. The summed E-state index contributed by atoms with van der Waals surface area (Å²) >= 11 is 0. The van der Waals surface area contributed by atoms with Crippen LogP contribution in [0.2, 0.25) is 0 Å². The number of nitrogen functional groups attached to an aromatic ring is 1. The van der Waals surface area contributed by atoms with Gasteiger partial charge < -0.3 is 15.8 Å². The summed E-state index contributed by atoms with van der Waals surface area (Å²) in [5, 5.41) is 2.91. The molecule has 1 heterocycles. The van der Waals surface area contributed by atoms with Gasteiger partial charge in [0.15, 0.2) is 0 Å². The van der Waals surface area contributed by atoms with Crippen LogP contribution in [0.25, 0.3) is 0 Å². The van der Waals surface area contributed by atoms with Gasteiger partial charge in [0.25, 0.3) is 0 Å². The van der Waals surface area contributed by atoms with Gasteiger partial charge in [0.1, 0.15) is 0 Å².